The molecule has 0 bridgehead atoms. The molecular formula is C27H27NO5. The first kappa shape index (κ1) is 23.5. The molecule has 0 fully saturated rings. The Morgan fingerprint density at radius 1 is 0.727 bits per heavy atom. The molecule has 33 heavy (non-hydrogen) atoms. The highest BCUT2D eigenvalue weighted by Crippen LogP contribution is 2.38. The molecule has 0 aromatic heterocycles. The first-order chi connectivity index (χ1) is 16.1. The molecule has 0 saturated carbocycles. The highest BCUT2D eigenvalue weighted by atomic mass is 16.5. The average Bonchev–Trinajstić information content (AvgIpc) is 2.87. The van der Waals surface area contributed by atoms with Crippen LogP contribution in [0.2, 0.25) is 0 Å². The van der Waals surface area contributed by atoms with Crippen molar-refractivity contribution in [1.82, 2.24) is 0 Å². The van der Waals surface area contributed by atoms with E-state index in [1.165, 1.54) is 6.08 Å². The Morgan fingerprint density at radius 2 is 1.33 bits per heavy atom. The molecule has 0 aliphatic rings. The molecule has 3 rings (SSSR count). The molecule has 0 radical (unpaired) electrons. The maximum Gasteiger partial charge on any atom is 0.203 e. The number of carbonyl (C=O) groups is 1. The van der Waals surface area contributed by atoms with Gasteiger partial charge >= 0.3 is 0 Å². The molecule has 170 valence electrons. The van der Waals surface area contributed by atoms with Gasteiger partial charge in [0, 0.05) is 18.0 Å². The predicted octanol–water partition coefficient (Wildman–Crippen LogP) is 5.70. The minimum atomic E-state index is -0.134. The lowest BCUT2D eigenvalue weighted by molar-refractivity contribution is 0.104. The van der Waals surface area contributed by atoms with Crippen LogP contribution in [0.25, 0.3) is 12.2 Å². The van der Waals surface area contributed by atoms with Crippen LogP contribution in [-0.2, 0) is 0 Å². The molecule has 1 N–H and O–H groups in total. The fourth-order valence-electron chi connectivity index (χ4n) is 3.23. The van der Waals surface area contributed by atoms with Crippen molar-refractivity contribution in [3.8, 4) is 23.0 Å². The van der Waals surface area contributed by atoms with Gasteiger partial charge in [-0.05, 0) is 47.5 Å². The minimum Gasteiger partial charge on any atom is -0.496 e. The molecule has 0 amide bonds. The summed E-state index contributed by atoms with van der Waals surface area (Å²) in [5.74, 6) is 2.18. The van der Waals surface area contributed by atoms with Crippen LogP contribution < -0.4 is 24.3 Å². The van der Waals surface area contributed by atoms with E-state index in [1.54, 1.807) is 52.8 Å². The van der Waals surface area contributed by atoms with Gasteiger partial charge in [-0.15, -0.1) is 0 Å². The van der Waals surface area contributed by atoms with Gasteiger partial charge in [0.15, 0.2) is 17.3 Å². The van der Waals surface area contributed by atoms with Crippen molar-refractivity contribution >= 4 is 23.6 Å². The molecular weight excluding hydrogens is 418 g/mol. The van der Waals surface area contributed by atoms with Gasteiger partial charge in [0.2, 0.25) is 5.75 Å². The van der Waals surface area contributed by atoms with Gasteiger partial charge < -0.3 is 24.3 Å². The van der Waals surface area contributed by atoms with Crippen molar-refractivity contribution in [1.29, 1.82) is 0 Å². The van der Waals surface area contributed by atoms with Crippen LogP contribution in [-0.4, -0.2) is 34.2 Å². The third-order valence-corrected chi connectivity index (χ3v) is 4.92. The highest BCUT2D eigenvalue weighted by Gasteiger charge is 2.12. The lowest BCUT2D eigenvalue weighted by Crippen LogP contribution is -1.99. The average molecular weight is 446 g/mol. The zero-order chi connectivity index (χ0) is 23.6. The molecule has 6 nitrogen and oxygen atoms in total. The number of hydrogen-bond acceptors (Lipinski definition) is 6. The lowest BCUT2D eigenvalue weighted by atomic mass is 10.1. The summed E-state index contributed by atoms with van der Waals surface area (Å²) in [6.45, 7) is 0. The smallest absolute Gasteiger partial charge is 0.203 e. The van der Waals surface area contributed by atoms with Gasteiger partial charge in [0.05, 0.1) is 34.0 Å². The van der Waals surface area contributed by atoms with Crippen LogP contribution in [0.4, 0.5) is 5.69 Å². The number of allylic oxidation sites excluding steroid dienone is 1. The number of carbonyl (C=O) groups excluding carboxylic acids is 1. The molecule has 0 unspecified atom stereocenters. The van der Waals surface area contributed by atoms with Gasteiger partial charge in [-0.2, -0.15) is 0 Å². The van der Waals surface area contributed by atoms with Crippen molar-refractivity contribution in [3.63, 3.8) is 0 Å². The summed E-state index contributed by atoms with van der Waals surface area (Å²) in [7, 11) is 6.31. The van der Waals surface area contributed by atoms with Crippen LogP contribution in [0, 0.1) is 0 Å². The van der Waals surface area contributed by atoms with E-state index in [1.807, 2.05) is 54.6 Å². The van der Waals surface area contributed by atoms with Crippen LogP contribution in [0.1, 0.15) is 21.5 Å². The van der Waals surface area contributed by atoms with E-state index in [4.69, 9.17) is 18.9 Å². The van der Waals surface area contributed by atoms with Crippen molar-refractivity contribution in [3.05, 3.63) is 89.6 Å². The van der Waals surface area contributed by atoms with E-state index in [0.717, 1.165) is 16.8 Å². The zero-order valence-corrected chi connectivity index (χ0v) is 19.1. The van der Waals surface area contributed by atoms with E-state index >= 15 is 0 Å². The summed E-state index contributed by atoms with van der Waals surface area (Å²) in [4.78, 5) is 12.4. The Bertz CT molecular complexity index is 1120. The summed E-state index contributed by atoms with van der Waals surface area (Å²) < 4.78 is 21.4. The maximum atomic E-state index is 12.4. The second-order valence-corrected chi connectivity index (χ2v) is 6.96. The maximum absolute atomic E-state index is 12.4. The Balaban J connectivity index is 1.65. The number of nitrogens with one attached hydrogen (secondary N) is 1. The summed E-state index contributed by atoms with van der Waals surface area (Å²) >= 11 is 0. The summed E-state index contributed by atoms with van der Waals surface area (Å²) in [6.07, 6.45) is 7.07. The van der Waals surface area contributed by atoms with E-state index < -0.39 is 0 Å². The Labute approximate surface area is 194 Å². The number of hydrogen-bond donors (Lipinski definition) is 1. The second kappa shape index (κ2) is 11.4. The van der Waals surface area contributed by atoms with Crippen LogP contribution in [0.15, 0.2) is 72.9 Å². The SMILES string of the molecule is COc1ccccc1C(=O)C=CNc1ccc(C=Cc2cc(OC)c(OC)c(OC)c2)cc1. The van der Waals surface area contributed by atoms with Crippen LogP contribution in [0.5, 0.6) is 23.0 Å². The quantitative estimate of drug-likeness (QED) is 0.245. The summed E-state index contributed by atoms with van der Waals surface area (Å²) in [5, 5.41) is 3.11. The molecule has 0 saturated heterocycles. The third kappa shape index (κ3) is 5.95. The number of rotatable bonds is 10. The fraction of sp³-hybridized carbons (Fsp3) is 0.148. The fourth-order valence-corrected chi connectivity index (χ4v) is 3.23. The minimum absolute atomic E-state index is 0.134. The first-order valence-electron chi connectivity index (χ1n) is 10.3. The first-order valence-corrected chi connectivity index (χ1v) is 10.3. The predicted molar refractivity (Wildman–Crippen MR) is 132 cm³/mol. The normalized spacial score (nSPS) is 10.9. The number of methoxy groups -OCH3 is 4. The number of benzene rings is 3. The van der Waals surface area contributed by atoms with E-state index in [2.05, 4.69) is 5.32 Å². The van der Waals surface area contributed by atoms with Crippen molar-refractivity contribution in [2.75, 3.05) is 33.8 Å². The van der Waals surface area contributed by atoms with Crippen LogP contribution >= 0.6 is 0 Å². The third-order valence-electron chi connectivity index (χ3n) is 4.92. The molecule has 0 aliphatic carbocycles. The summed E-state index contributed by atoms with van der Waals surface area (Å²) in [6, 6.07) is 18.7. The number of anilines is 1. The van der Waals surface area contributed by atoms with Gasteiger partial charge in [-0.1, -0.05) is 36.4 Å². The van der Waals surface area contributed by atoms with E-state index in [0.29, 0.717) is 28.6 Å². The van der Waals surface area contributed by atoms with Gasteiger partial charge in [-0.3, -0.25) is 4.79 Å². The van der Waals surface area contributed by atoms with E-state index in [-0.39, 0.29) is 5.78 Å². The number of ketones is 1. The van der Waals surface area contributed by atoms with Crippen molar-refractivity contribution < 1.29 is 23.7 Å². The van der Waals surface area contributed by atoms with Crippen molar-refractivity contribution in [2.24, 2.45) is 0 Å². The Kier molecular flexibility index (Phi) is 8.13. The zero-order valence-electron chi connectivity index (χ0n) is 19.1. The van der Waals surface area contributed by atoms with Gasteiger partial charge in [0.25, 0.3) is 0 Å². The van der Waals surface area contributed by atoms with Gasteiger partial charge in [-0.25, -0.2) is 0 Å². The molecule has 0 heterocycles. The second-order valence-electron chi connectivity index (χ2n) is 6.96. The largest absolute Gasteiger partial charge is 0.496 e. The Morgan fingerprint density at radius 3 is 1.94 bits per heavy atom. The monoisotopic (exact) mass is 445 g/mol. The Hall–Kier alpha value is -4.19. The molecule has 6 heteroatoms. The van der Waals surface area contributed by atoms with Crippen molar-refractivity contribution in [2.45, 2.75) is 0 Å². The molecule has 0 spiro atoms. The highest BCUT2D eigenvalue weighted by molar-refractivity contribution is 6.06. The standard InChI is InChI=1S/C27H27NO5/c1-30-24-8-6-5-7-22(24)23(29)15-16-28-21-13-11-19(12-14-21)9-10-20-17-25(31-2)27(33-4)26(18-20)32-3/h5-18,28H,1-4H3. The van der Waals surface area contributed by atoms with Gasteiger partial charge in [0.1, 0.15) is 5.75 Å². The van der Waals surface area contributed by atoms with E-state index in [9.17, 15) is 4.79 Å². The lowest BCUT2D eigenvalue weighted by Gasteiger charge is -2.12. The topological polar surface area (TPSA) is 66.0 Å². The molecule has 3 aromatic rings. The molecule has 0 atom stereocenters. The summed E-state index contributed by atoms with van der Waals surface area (Å²) in [5.41, 5.74) is 3.32. The number of ether oxygens (including phenoxy) is 4. The van der Waals surface area contributed by atoms with Crippen LogP contribution in [0.3, 0.4) is 0 Å². The molecule has 0 aliphatic heterocycles. The number of para-hydroxylation sites is 1. The molecule has 3 aromatic carbocycles.